The first kappa shape index (κ1) is 25.9. The van der Waals surface area contributed by atoms with Crippen molar-refractivity contribution in [1.29, 1.82) is 0 Å². The fourth-order valence-corrected chi connectivity index (χ4v) is 3.35. The molecule has 1 aliphatic carbocycles. The Bertz CT molecular complexity index is 840. The quantitative estimate of drug-likeness (QED) is 0.271. The summed E-state index contributed by atoms with van der Waals surface area (Å²) in [5, 5.41) is 21.0. The van der Waals surface area contributed by atoms with Gasteiger partial charge < -0.3 is 20.6 Å². The summed E-state index contributed by atoms with van der Waals surface area (Å²) in [6.45, 7) is 13.3. The Kier molecular flexibility index (Phi) is 8.54. The standard InChI is InChI=1S/C24H35F2N3O3/c1-15(29-32-16(2)23(4,5)6)13-24(7-8-24)27-14-22(31)21(28-17(3)30)11-18-9-19(25)12-20(26)10-18/h9-10,12,21-22,27,31H,2,7-8,11,13-14H2,1,3-6H3,(H,28,30)/b29-15+. The zero-order valence-corrected chi connectivity index (χ0v) is 19.6. The van der Waals surface area contributed by atoms with Gasteiger partial charge in [0.05, 0.1) is 17.9 Å². The number of halogens is 2. The molecule has 1 aliphatic rings. The smallest absolute Gasteiger partial charge is 0.217 e. The van der Waals surface area contributed by atoms with Gasteiger partial charge in [-0.3, -0.25) is 4.79 Å². The lowest BCUT2D eigenvalue weighted by Gasteiger charge is -2.27. The van der Waals surface area contributed by atoms with E-state index in [1.165, 1.54) is 19.1 Å². The Balaban J connectivity index is 1.95. The number of carbonyl (C=O) groups is 1. The highest BCUT2D eigenvalue weighted by atomic mass is 19.1. The normalized spacial score (nSPS) is 17.4. The third-order valence-corrected chi connectivity index (χ3v) is 5.51. The molecule has 8 heteroatoms. The molecule has 0 aliphatic heterocycles. The number of nitrogens with zero attached hydrogens (tertiary/aromatic N) is 1. The van der Waals surface area contributed by atoms with E-state index < -0.39 is 23.8 Å². The second-order valence-corrected chi connectivity index (χ2v) is 9.79. The minimum absolute atomic E-state index is 0.105. The molecule has 0 heterocycles. The maximum atomic E-state index is 13.5. The number of amides is 1. The molecule has 1 aromatic rings. The van der Waals surface area contributed by atoms with E-state index in [2.05, 4.69) is 22.4 Å². The molecule has 1 aromatic carbocycles. The van der Waals surface area contributed by atoms with E-state index in [0.717, 1.165) is 24.6 Å². The summed E-state index contributed by atoms with van der Waals surface area (Å²) in [5.41, 5.74) is 0.781. The van der Waals surface area contributed by atoms with Gasteiger partial charge in [-0.2, -0.15) is 0 Å². The molecule has 1 fully saturated rings. The third kappa shape index (κ3) is 8.31. The number of benzene rings is 1. The number of carbonyl (C=O) groups excluding carboxylic acids is 1. The highest BCUT2D eigenvalue weighted by molar-refractivity contribution is 5.83. The van der Waals surface area contributed by atoms with Crippen LogP contribution in [0.15, 0.2) is 35.7 Å². The van der Waals surface area contributed by atoms with Crippen molar-refractivity contribution in [2.45, 2.75) is 78.0 Å². The van der Waals surface area contributed by atoms with Crippen LogP contribution in [0.3, 0.4) is 0 Å². The molecule has 2 rings (SSSR count). The van der Waals surface area contributed by atoms with Crippen LogP contribution < -0.4 is 10.6 Å². The fourth-order valence-electron chi connectivity index (χ4n) is 3.35. The van der Waals surface area contributed by atoms with E-state index in [1.807, 2.05) is 27.7 Å². The van der Waals surface area contributed by atoms with Gasteiger partial charge >= 0.3 is 0 Å². The highest BCUT2D eigenvalue weighted by Gasteiger charge is 2.43. The van der Waals surface area contributed by atoms with Gasteiger partial charge in [0, 0.05) is 36.9 Å². The summed E-state index contributed by atoms with van der Waals surface area (Å²) in [6.07, 6.45) is 1.65. The van der Waals surface area contributed by atoms with Crippen molar-refractivity contribution >= 4 is 11.6 Å². The minimum Gasteiger partial charge on any atom is -0.390 e. The second kappa shape index (κ2) is 10.5. The zero-order chi connectivity index (χ0) is 24.1. The highest BCUT2D eigenvalue weighted by Crippen LogP contribution is 2.39. The molecule has 6 nitrogen and oxygen atoms in total. The molecule has 1 amide bonds. The number of nitrogens with one attached hydrogen (secondary N) is 2. The second-order valence-electron chi connectivity index (χ2n) is 9.79. The summed E-state index contributed by atoms with van der Waals surface area (Å²) in [4.78, 5) is 17.1. The van der Waals surface area contributed by atoms with Crippen LogP contribution >= 0.6 is 0 Å². The van der Waals surface area contributed by atoms with Crippen molar-refractivity contribution in [2.24, 2.45) is 10.6 Å². The predicted octanol–water partition coefficient (Wildman–Crippen LogP) is 3.84. The van der Waals surface area contributed by atoms with Gasteiger partial charge in [0.1, 0.15) is 17.4 Å². The summed E-state index contributed by atoms with van der Waals surface area (Å²) in [5.74, 6) is -1.14. The predicted molar refractivity (Wildman–Crippen MR) is 121 cm³/mol. The molecular formula is C24H35F2N3O3. The van der Waals surface area contributed by atoms with Crippen LogP contribution in [0.25, 0.3) is 0 Å². The molecule has 1 saturated carbocycles. The molecule has 2 atom stereocenters. The maximum absolute atomic E-state index is 13.5. The number of rotatable bonds is 11. The number of hydrogen-bond donors (Lipinski definition) is 3. The van der Waals surface area contributed by atoms with Crippen LogP contribution in [0.1, 0.15) is 59.4 Å². The summed E-state index contributed by atoms with van der Waals surface area (Å²) >= 11 is 0. The van der Waals surface area contributed by atoms with Crippen LogP contribution in [0.4, 0.5) is 8.78 Å². The van der Waals surface area contributed by atoms with E-state index in [0.29, 0.717) is 17.7 Å². The summed E-state index contributed by atoms with van der Waals surface area (Å²) in [7, 11) is 0. The van der Waals surface area contributed by atoms with E-state index in [1.54, 1.807) is 0 Å². The van der Waals surface area contributed by atoms with Gasteiger partial charge in [-0.25, -0.2) is 8.78 Å². The largest absolute Gasteiger partial charge is 0.390 e. The van der Waals surface area contributed by atoms with Gasteiger partial charge in [0.25, 0.3) is 0 Å². The number of allylic oxidation sites excluding steroid dienone is 1. The lowest BCUT2D eigenvalue weighted by atomic mass is 9.95. The van der Waals surface area contributed by atoms with Gasteiger partial charge in [-0.05, 0) is 43.9 Å². The Morgan fingerprint density at radius 1 is 1.25 bits per heavy atom. The van der Waals surface area contributed by atoms with Crippen LogP contribution in [0, 0.1) is 17.0 Å². The lowest BCUT2D eigenvalue weighted by Crippen LogP contribution is -2.50. The van der Waals surface area contributed by atoms with Gasteiger partial charge in [0.2, 0.25) is 5.91 Å². The van der Waals surface area contributed by atoms with Crippen LogP contribution in [0.2, 0.25) is 0 Å². The van der Waals surface area contributed by atoms with E-state index >= 15 is 0 Å². The van der Waals surface area contributed by atoms with Crippen LogP contribution in [-0.4, -0.2) is 41.0 Å². The number of oxime groups is 1. The van der Waals surface area contributed by atoms with Crippen molar-refractivity contribution in [3.8, 4) is 0 Å². The Hall–Kier alpha value is -2.32. The number of β-amino-alcohol motifs (C(OH)–C–C–N with tert-alkyl or cyclic N) is 1. The van der Waals surface area contributed by atoms with Crippen molar-refractivity contribution in [1.82, 2.24) is 10.6 Å². The topological polar surface area (TPSA) is 82.9 Å². The van der Waals surface area contributed by atoms with Crippen molar-refractivity contribution in [3.05, 3.63) is 47.7 Å². The monoisotopic (exact) mass is 451 g/mol. The van der Waals surface area contributed by atoms with Gasteiger partial charge in [0.15, 0.2) is 0 Å². The Labute approximate surface area is 189 Å². The average molecular weight is 452 g/mol. The molecule has 0 radical (unpaired) electrons. The first-order valence-electron chi connectivity index (χ1n) is 10.8. The first-order valence-corrected chi connectivity index (χ1v) is 10.8. The summed E-state index contributed by atoms with van der Waals surface area (Å²) in [6, 6.07) is 2.50. The molecule has 3 N–H and O–H groups in total. The molecule has 2 unspecified atom stereocenters. The lowest BCUT2D eigenvalue weighted by molar-refractivity contribution is -0.120. The van der Waals surface area contributed by atoms with E-state index in [4.69, 9.17) is 4.84 Å². The first-order chi connectivity index (χ1) is 14.8. The van der Waals surface area contributed by atoms with Gasteiger partial charge in [-0.15, -0.1) is 0 Å². The molecule has 32 heavy (non-hydrogen) atoms. The maximum Gasteiger partial charge on any atom is 0.217 e. The molecular weight excluding hydrogens is 416 g/mol. The van der Waals surface area contributed by atoms with Crippen molar-refractivity contribution < 1.29 is 23.5 Å². The molecule has 0 bridgehead atoms. The van der Waals surface area contributed by atoms with Crippen molar-refractivity contribution in [3.63, 3.8) is 0 Å². The minimum atomic E-state index is -0.947. The fraction of sp³-hybridized carbons (Fsp3) is 0.583. The van der Waals surface area contributed by atoms with Crippen LogP contribution in [0.5, 0.6) is 0 Å². The SMILES string of the molecule is C=C(O/N=C(\C)CC1(NCC(O)C(Cc2cc(F)cc(F)c2)NC(C)=O)CC1)C(C)(C)C. The zero-order valence-electron chi connectivity index (χ0n) is 19.6. The number of aliphatic hydroxyl groups excluding tert-OH is 1. The van der Waals surface area contributed by atoms with Gasteiger partial charge in [-0.1, -0.05) is 32.5 Å². The molecule has 0 spiro atoms. The van der Waals surface area contributed by atoms with Crippen molar-refractivity contribution in [2.75, 3.05) is 6.54 Å². The van der Waals surface area contributed by atoms with E-state index in [9.17, 15) is 18.7 Å². The number of aliphatic hydroxyl groups is 1. The number of hydrogen-bond acceptors (Lipinski definition) is 5. The van der Waals surface area contributed by atoms with Crippen LogP contribution in [-0.2, 0) is 16.1 Å². The summed E-state index contributed by atoms with van der Waals surface area (Å²) < 4.78 is 27.0. The average Bonchev–Trinajstić information content (AvgIpc) is 3.41. The van der Waals surface area contributed by atoms with E-state index in [-0.39, 0.29) is 29.8 Å². The molecule has 0 aromatic heterocycles. The third-order valence-electron chi connectivity index (χ3n) is 5.51. The molecule has 0 saturated heterocycles. The Morgan fingerprint density at radius 3 is 2.34 bits per heavy atom. The molecule has 178 valence electrons. The Morgan fingerprint density at radius 2 is 1.84 bits per heavy atom.